The average Bonchev–Trinajstić information content (AvgIpc) is 3.13. The average molecular weight is 432 g/mol. The number of hydrogen-bond donors (Lipinski definition) is 1. The largest absolute Gasteiger partial charge is 0.368 e. The maximum absolute atomic E-state index is 6.31. The van der Waals surface area contributed by atoms with Gasteiger partial charge in [0, 0.05) is 29.5 Å². The van der Waals surface area contributed by atoms with Crippen molar-refractivity contribution in [2.75, 3.05) is 44.6 Å². The van der Waals surface area contributed by atoms with Crippen LogP contribution in [0.15, 0.2) is 18.2 Å². The smallest absolute Gasteiger partial charge is 0.156 e. The minimum atomic E-state index is 0.609. The highest BCUT2D eigenvalue weighted by Crippen LogP contribution is 2.27. The summed E-state index contributed by atoms with van der Waals surface area (Å²) in [5, 5.41) is 10.5. The van der Waals surface area contributed by atoms with Crippen LogP contribution in [0.2, 0.25) is 5.02 Å². The third-order valence-electron chi connectivity index (χ3n) is 6.88. The lowest BCUT2D eigenvalue weighted by molar-refractivity contribution is 0.162. The first-order chi connectivity index (χ1) is 14.7. The molecule has 2 aliphatic rings. The van der Waals surface area contributed by atoms with Gasteiger partial charge < -0.3 is 15.1 Å². The van der Waals surface area contributed by atoms with Gasteiger partial charge in [0.2, 0.25) is 0 Å². The van der Waals surface area contributed by atoms with Crippen LogP contribution in [0.3, 0.4) is 0 Å². The molecule has 166 valence electrons. The Labute approximate surface area is 186 Å². The quantitative estimate of drug-likeness (QED) is 0.550. The van der Waals surface area contributed by atoms with Crippen LogP contribution in [0.4, 0.5) is 5.82 Å². The molecule has 1 unspecified atom stereocenters. The molecule has 6 heteroatoms. The standard InChI is InChI=1S/C24H38ClN5/c1-20(29-16-6-3-7-17-29)11-18-30-23-10-9-21(25)19-22(23)24(27-30)26-12-8-15-28-13-4-2-5-14-28/h9-10,19-20H,2-8,11-18H2,1H3,(H,26,27). The highest BCUT2D eigenvalue weighted by atomic mass is 35.5. The molecule has 0 aliphatic carbocycles. The van der Waals surface area contributed by atoms with Gasteiger partial charge in [0.15, 0.2) is 5.82 Å². The topological polar surface area (TPSA) is 36.3 Å². The van der Waals surface area contributed by atoms with Crippen LogP contribution in [0.25, 0.3) is 10.9 Å². The van der Waals surface area contributed by atoms with Gasteiger partial charge in [-0.15, -0.1) is 0 Å². The Bertz CT molecular complexity index is 792. The molecule has 30 heavy (non-hydrogen) atoms. The molecule has 0 spiro atoms. The van der Waals surface area contributed by atoms with Gasteiger partial charge in [-0.05, 0) is 96.4 Å². The zero-order valence-electron chi connectivity index (χ0n) is 18.6. The van der Waals surface area contributed by atoms with E-state index in [0.29, 0.717) is 6.04 Å². The van der Waals surface area contributed by atoms with Gasteiger partial charge in [0.05, 0.1) is 5.52 Å². The third-order valence-corrected chi connectivity index (χ3v) is 7.11. The van der Waals surface area contributed by atoms with Gasteiger partial charge in [-0.1, -0.05) is 24.4 Å². The number of anilines is 1. The molecule has 1 N–H and O–H groups in total. The molecule has 3 heterocycles. The van der Waals surface area contributed by atoms with E-state index in [2.05, 4.69) is 38.9 Å². The lowest BCUT2D eigenvalue weighted by Crippen LogP contribution is -2.37. The fourth-order valence-corrected chi connectivity index (χ4v) is 5.17. The first kappa shape index (κ1) is 21.9. The Hall–Kier alpha value is -1.30. The second kappa shape index (κ2) is 10.8. The van der Waals surface area contributed by atoms with Crippen molar-refractivity contribution in [3.8, 4) is 0 Å². The fourth-order valence-electron chi connectivity index (χ4n) is 5.00. The van der Waals surface area contributed by atoms with Gasteiger partial charge in [-0.2, -0.15) is 5.10 Å². The molecule has 2 aliphatic heterocycles. The van der Waals surface area contributed by atoms with Gasteiger partial charge in [-0.25, -0.2) is 0 Å². The molecular weight excluding hydrogens is 394 g/mol. The molecule has 5 nitrogen and oxygen atoms in total. The Kier molecular flexibility index (Phi) is 7.91. The molecule has 2 saturated heterocycles. The summed E-state index contributed by atoms with van der Waals surface area (Å²) in [6.07, 6.45) is 10.5. The zero-order valence-corrected chi connectivity index (χ0v) is 19.3. The number of rotatable bonds is 9. The van der Waals surface area contributed by atoms with Crippen molar-refractivity contribution in [3.63, 3.8) is 0 Å². The summed E-state index contributed by atoms with van der Waals surface area (Å²) >= 11 is 6.31. The Morgan fingerprint density at radius 2 is 1.73 bits per heavy atom. The monoisotopic (exact) mass is 431 g/mol. The SMILES string of the molecule is CC(CCn1nc(NCCCN2CCCCC2)c2cc(Cl)ccc21)N1CCCCC1. The number of aromatic nitrogens is 2. The van der Waals surface area contributed by atoms with E-state index in [4.69, 9.17) is 16.7 Å². The lowest BCUT2D eigenvalue weighted by Gasteiger charge is -2.32. The van der Waals surface area contributed by atoms with Gasteiger partial charge in [-0.3, -0.25) is 4.68 Å². The number of piperidine rings is 2. The first-order valence-electron chi connectivity index (χ1n) is 12.1. The van der Waals surface area contributed by atoms with Crippen LogP contribution in [0.5, 0.6) is 0 Å². The molecule has 0 bridgehead atoms. The summed E-state index contributed by atoms with van der Waals surface area (Å²) in [7, 11) is 0. The maximum Gasteiger partial charge on any atom is 0.156 e. The minimum Gasteiger partial charge on any atom is -0.368 e. The van der Waals surface area contributed by atoms with E-state index in [-0.39, 0.29) is 0 Å². The van der Waals surface area contributed by atoms with E-state index < -0.39 is 0 Å². The molecule has 0 amide bonds. The van der Waals surface area contributed by atoms with Crippen LogP contribution >= 0.6 is 11.6 Å². The number of nitrogens with zero attached hydrogens (tertiary/aromatic N) is 4. The molecule has 0 saturated carbocycles. The highest BCUT2D eigenvalue weighted by molar-refractivity contribution is 6.31. The van der Waals surface area contributed by atoms with E-state index >= 15 is 0 Å². The molecule has 2 aromatic rings. The second-order valence-corrected chi connectivity index (χ2v) is 9.59. The van der Waals surface area contributed by atoms with Gasteiger partial charge in [0.25, 0.3) is 0 Å². The summed E-state index contributed by atoms with van der Waals surface area (Å²) in [4.78, 5) is 5.24. The summed E-state index contributed by atoms with van der Waals surface area (Å²) in [5.41, 5.74) is 1.18. The number of hydrogen-bond acceptors (Lipinski definition) is 4. The van der Waals surface area contributed by atoms with Crippen LogP contribution < -0.4 is 5.32 Å². The second-order valence-electron chi connectivity index (χ2n) is 9.15. The summed E-state index contributed by atoms with van der Waals surface area (Å²) < 4.78 is 2.18. The van der Waals surface area contributed by atoms with E-state index in [0.717, 1.165) is 42.2 Å². The third kappa shape index (κ3) is 5.68. The molecule has 1 atom stereocenters. The number of benzene rings is 1. The molecule has 1 aromatic heterocycles. The molecule has 0 radical (unpaired) electrons. The van der Waals surface area contributed by atoms with Crippen LogP contribution in [-0.2, 0) is 6.54 Å². The predicted octanol–water partition coefficient (Wildman–Crippen LogP) is 5.24. The summed E-state index contributed by atoms with van der Waals surface area (Å²) in [6.45, 7) is 10.5. The molecule has 2 fully saturated rings. The van der Waals surface area contributed by atoms with Crippen LogP contribution in [0, 0.1) is 0 Å². The Morgan fingerprint density at radius 3 is 2.50 bits per heavy atom. The summed E-state index contributed by atoms with van der Waals surface area (Å²) in [6, 6.07) is 6.77. The van der Waals surface area contributed by atoms with Crippen LogP contribution in [0.1, 0.15) is 58.3 Å². The van der Waals surface area contributed by atoms with Crippen molar-refractivity contribution in [1.29, 1.82) is 0 Å². The lowest BCUT2D eigenvalue weighted by atomic mass is 10.1. The van der Waals surface area contributed by atoms with Crippen molar-refractivity contribution in [3.05, 3.63) is 23.2 Å². The Morgan fingerprint density at radius 1 is 1.00 bits per heavy atom. The summed E-state index contributed by atoms with van der Waals surface area (Å²) in [5.74, 6) is 0.983. The van der Waals surface area contributed by atoms with E-state index in [1.54, 1.807) is 0 Å². The van der Waals surface area contributed by atoms with Gasteiger partial charge in [0.1, 0.15) is 0 Å². The van der Waals surface area contributed by atoms with Crippen molar-refractivity contribution < 1.29 is 0 Å². The maximum atomic E-state index is 6.31. The van der Waals surface area contributed by atoms with Gasteiger partial charge >= 0.3 is 0 Å². The van der Waals surface area contributed by atoms with Crippen molar-refractivity contribution in [2.24, 2.45) is 0 Å². The minimum absolute atomic E-state index is 0.609. The molecule has 1 aromatic carbocycles. The fraction of sp³-hybridized carbons (Fsp3) is 0.708. The zero-order chi connectivity index (χ0) is 20.8. The van der Waals surface area contributed by atoms with E-state index in [1.807, 2.05) is 6.07 Å². The number of nitrogens with one attached hydrogen (secondary N) is 1. The molecule has 4 rings (SSSR count). The number of fused-ring (bicyclic) bond motifs is 1. The van der Waals surface area contributed by atoms with E-state index in [1.165, 1.54) is 76.8 Å². The van der Waals surface area contributed by atoms with E-state index in [9.17, 15) is 0 Å². The van der Waals surface area contributed by atoms with Crippen molar-refractivity contribution in [2.45, 2.75) is 70.9 Å². The number of aryl methyl sites for hydroxylation is 1. The Balaban J connectivity index is 1.36. The first-order valence-corrected chi connectivity index (χ1v) is 12.4. The van der Waals surface area contributed by atoms with Crippen molar-refractivity contribution in [1.82, 2.24) is 19.6 Å². The molecular formula is C24H38ClN5. The normalized spacial score (nSPS) is 19.9. The number of likely N-dealkylation sites (tertiary alicyclic amines) is 2. The van der Waals surface area contributed by atoms with Crippen LogP contribution in [-0.4, -0.2) is 64.9 Å². The number of halogens is 1. The van der Waals surface area contributed by atoms with Crippen molar-refractivity contribution >= 4 is 28.3 Å². The predicted molar refractivity (Wildman–Crippen MR) is 128 cm³/mol. The highest BCUT2D eigenvalue weighted by Gasteiger charge is 2.18.